The fourth-order valence-electron chi connectivity index (χ4n) is 4.46. The largest absolute Gasteiger partial charge is 0.416 e. The van der Waals surface area contributed by atoms with Gasteiger partial charge in [-0.3, -0.25) is 14.5 Å². The van der Waals surface area contributed by atoms with Gasteiger partial charge in [0.2, 0.25) is 5.91 Å². The third-order valence-corrected chi connectivity index (χ3v) is 5.97. The van der Waals surface area contributed by atoms with Crippen molar-refractivity contribution in [2.45, 2.75) is 58.7 Å². The molecule has 2 N–H and O–H groups in total. The number of amides is 2. The van der Waals surface area contributed by atoms with Gasteiger partial charge in [-0.05, 0) is 56.2 Å². The Hall–Kier alpha value is -2.30. The molecule has 1 saturated heterocycles. The lowest BCUT2D eigenvalue weighted by Gasteiger charge is -2.59. The fraction of sp³-hybridized carbons (Fsp3) is 0.652. The standard InChI is InChI=1S/C21H25F6N3O2.C2H6/c1-19(2,18(23)24)29-16(31)9-30-10-20(11-30)6-12(7-20)8-28-17(32)13-3-14(21(25,26)27)5-15(22)4-13;1-2/h3-5,12,18H,6-11H2,1-2H3,(H,28,32)(H,29,31);1-2H3. The van der Waals surface area contributed by atoms with Gasteiger partial charge in [0.25, 0.3) is 12.3 Å². The summed E-state index contributed by atoms with van der Waals surface area (Å²) in [7, 11) is 0. The molecule has 1 spiro atoms. The first-order valence-electron chi connectivity index (χ1n) is 11.2. The van der Waals surface area contributed by atoms with Gasteiger partial charge in [0.15, 0.2) is 0 Å². The monoisotopic (exact) mass is 495 g/mol. The molecule has 0 unspecified atom stereocenters. The van der Waals surface area contributed by atoms with Crippen molar-refractivity contribution in [3.05, 3.63) is 35.1 Å². The summed E-state index contributed by atoms with van der Waals surface area (Å²) in [5.74, 6) is -2.25. The molecule has 0 bridgehead atoms. The van der Waals surface area contributed by atoms with Crippen LogP contribution in [0, 0.1) is 17.2 Å². The van der Waals surface area contributed by atoms with Crippen LogP contribution in [-0.2, 0) is 11.0 Å². The highest BCUT2D eigenvalue weighted by Gasteiger charge is 2.52. The number of carbonyl (C=O) groups is 2. The molecule has 2 amide bonds. The SMILES string of the molecule is CC.CC(C)(NC(=O)CN1CC2(CC(CNC(=O)c3cc(F)cc(C(F)(F)F)c3)C2)C1)C(F)F. The van der Waals surface area contributed by atoms with E-state index in [-0.39, 0.29) is 30.0 Å². The van der Waals surface area contributed by atoms with Crippen LogP contribution in [0.15, 0.2) is 18.2 Å². The lowest BCUT2D eigenvalue weighted by atomic mass is 9.57. The second-order valence-electron chi connectivity index (χ2n) is 9.43. The van der Waals surface area contributed by atoms with Gasteiger partial charge >= 0.3 is 6.18 Å². The van der Waals surface area contributed by atoms with Crippen LogP contribution in [0.4, 0.5) is 26.3 Å². The topological polar surface area (TPSA) is 61.4 Å². The molecule has 11 heteroatoms. The highest BCUT2D eigenvalue weighted by atomic mass is 19.4. The number of hydrogen-bond acceptors (Lipinski definition) is 3. The van der Waals surface area contributed by atoms with Crippen LogP contribution in [0.25, 0.3) is 0 Å². The average Bonchev–Trinajstić information content (AvgIpc) is 2.67. The maximum atomic E-state index is 13.5. The molecule has 1 saturated carbocycles. The molecule has 1 aromatic rings. The Morgan fingerprint density at radius 1 is 1.12 bits per heavy atom. The number of rotatable bonds is 7. The number of halogens is 6. The summed E-state index contributed by atoms with van der Waals surface area (Å²) in [4.78, 5) is 25.9. The van der Waals surface area contributed by atoms with Crippen molar-refractivity contribution in [3.63, 3.8) is 0 Å². The average molecular weight is 496 g/mol. The molecule has 0 radical (unpaired) electrons. The quantitative estimate of drug-likeness (QED) is 0.549. The number of hydrogen-bond donors (Lipinski definition) is 2. The van der Waals surface area contributed by atoms with E-state index in [1.54, 1.807) is 0 Å². The van der Waals surface area contributed by atoms with Gasteiger partial charge < -0.3 is 10.6 Å². The summed E-state index contributed by atoms with van der Waals surface area (Å²) in [5, 5.41) is 4.87. The summed E-state index contributed by atoms with van der Waals surface area (Å²) in [6, 6.07) is 1.71. The number of nitrogens with zero attached hydrogens (tertiary/aromatic N) is 1. The predicted molar refractivity (Wildman–Crippen MR) is 115 cm³/mol. The molecular weight excluding hydrogens is 464 g/mol. The normalized spacial score (nSPS) is 18.0. The summed E-state index contributed by atoms with van der Waals surface area (Å²) >= 11 is 0. The van der Waals surface area contributed by atoms with Crippen molar-refractivity contribution in [2.24, 2.45) is 11.3 Å². The Balaban J connectivity index is 0.00000199. The van der Waals surface area contributed by atoms with Crippen LogP contribution in [0.2, 0.25) is 0 Å². The van der Waals surface area contributed by atoms with Gasteiger partial charge in [-0.15, -0.1) is 0 Å². The van der Waals surface area contributed by atoms with E-state index in [2.05, 4.69) is 10.6 Å². The third kappa shape index (κ3) is 6.86. The van der Waals surface area contributed by atoms with E-state index in [0.29, 0.717) is 25.2 Å². The van der Waals surface area contributed by atoms with Gasteiger partial charge in [0.05, 0.1) is 17.6 Å². The van der Waals surface area contributed by atoms with Crippen molar-refractivity contribution in [2.75, 3.05) is 26.2 Å². The van der Waals surface area contributed by atoms with E-state index < -0.39 is 41.3 Å². The number of nitrogens with one attached hydrogen (secondary N) is 2. The zero-order chi connectivity index (χ0) is 25.9. The Labute approximate surface area is 195 Å². The summed E-state index contributed by atoms with van der Waals surface area (Å²) in [6.07, 6.45) is -5.89. The van der Waals surface area contributed by atoms with Crippen molar-refractivity contribution < 1.29 is 35.9 Å². The molecule has 1 heterocycles. The molecule has 34 heavy (non-hydrogen) atoms. The maximum absolute atomic E-state index is 13.5. The summed E-state index contributed by atoms with van der Waals surface area (Å²) in [6.45, 7) is 8.07. The molecule has 1 aliphatic carbocycles. The molecule has 2 fully saturated rings. The van der Waals surface area contributed by atoms with E-state index in [1.807, 2.05) is 18.7 Å². The zero-order valence-corrected chi connectivity index (χ0v) is 19.7. The molecular formula is C23H31F6N3O2. The van der Waals surface area contributed by atoms with E-state index in [9.17, 15) is 35.9 Å². The van der Waals surface area contributed by atoms with Gasteiger partial charge in [-0.2, -0.15) is 13.2 Å². The Morgan fingerprint density at radius 3 is 2.24 bits per heavy atom. The Kier molecular flexibility index (Phi) is 8.66. The molecule has 5 nitrogen and oxygen atoms in total. The lowest BCUT2D eigenvalue weighted by Crippen LogP contribution is -2.65. The lowest BCUT2D eigenvalue weighted by molar-refractivity contribution is -0.138. The number of likely N-dealkylation sites (tertiary alicyclic amines) is 1. The molecule has 0 atom stereocenters. The number of alkyl halides is 5. The first-order valence-corrected chi connectivity index (χ1v) is 11.2. The minimum absolute atomic E-state index is 0.0101. The van der Waals surface area contributed by atoms with Crippen LogP contribution in [0.3, 0.4) is 0 Å². The number of carbonyl (C=O) groups excluding carboxylic acids is 2. The van der Waals surface area contributed by atoms with Crippen molar-refractivity contribution >= 4 is 11.8 Å². The first kappa shape index (κ1) is 27.9. The van der Waals surface area contributed by atoms with Crippen LogP contribution in [-0.4, -0.2) is 54.9 Å². The highest BCUT2D eigenvalue weighted by Crippen LogP contribution is 2.51. The Bertz CT molecular complexity index is 874. The van der Waals surface area contributed by atoms with E-state index in [1.165, 1.54) is 13.8 Å². The van der Waals surface area contributed by atoms with Crippen molar-refractivity contribution in [1.82, 2.24) is 15.5 Å². The molecule has 1 aliphatic heterocycles. The smallest absolute Gasteiger partial charge is 0.352 e. The highest BCUT2D eigenvalue weighted by molar-refractivity contribution is 5.94. The third-order valence-electron chi connectivity index (χ3n) is 5.97. The summed E-state index contributed by atoms with van der Waals surface area (Å²) < 4.78 is 77.5. The van der Waals surface area contributed by atoms with E-state index >= 15 is 0 Å². The van der Waals surface area contributed by atoms with Crippen LogP contribution in [0.1, 0.15) is 56.5 Å². The van der Waals surface area contributed by atoms with Crippen molar-refractivity contribution in [1.29, 1.82) is 0 Å². The molecule has 1 aromatic carbocycles. The second kappa shape index (κ2) is 10.5. The predicted octanol–water partition coefficient (Wildman–Crippen LogP) is 4.47. The first-order chi connectivity index (χ1) is 15.7. The van der Waals surface area contributed by atoms with Crippen LogP contribution >= 0.6 is 0 Å². The fourth-order valence-corrected chi connectivity index (χ4v) is 4.46. The Morgan fingerprint density at radius 2 is 1.71 bits per heavy atom. The van der Waals surface area contributed by atoms with Gasteiger partial charge in [-0.25, -0.2) is 13.2 Å². The summed E-state index contributed by atoms with van der Waals surface area (Å²) in [5.41, 5.74) is -3.20. The minimum atomic E-state index is -4.75. The zero-order valence-electron chi connectivity index (χ0n) is 19.7. The van der Waals surface area contributed by atoms with E-state index in [0.717, 1.165) is 18.9 Å². The molecule has 3 rings (SSSR count). The van der Waals surface area contributed by atoms with Gasteiger partial charge in [0.1, 0.15) is 5.82 Å². The number of benzene rings is 1. The molecule has 2 aliphatic rings. The second-order valence-corrected chi connectivity index (χ2v) is 9.43. The maximum Gasteiger partial charge on any atom is 0.416 e. The molecule has 192 valence electrons. The van der Waals surface area contributed by atoms with Crippen LogP contribution in [0.5, 0.6) is 0 Å². The van der Waals surface area contributed by atoms with Gasteiger partial charge in [0, 0.05) is 25.2 Å². The van der Waals surface area contributed by atoms with E-state index in [4.69, 9.17) is 0 Å². The van der Waals surface area contributed by atoms with Crippen LogP contribution < -0.4 is 10.6 Å². The van der Waals surface area contributed by atoms with Gasteiger partial charge in [-0.1, -0.05) is 13.8 Å². The minimum Gasteiger partial charge on any atom is -0.352 e. The molecule has 0 aromatic heterocycles. The van der Waals surface area contributed by atoms with Crippen molar-refractivity contribution in [3.8, 4) is 0 Å².